The fraction of sp³-hybridized carbons (Fsp3) is 0.143. The average molecular weight is 586 g/mol. The number of aromatic nitrogens is 2. The van der Waals surface area contributed by atoms with Crippen LogP contribution in [0.15, 0.2) is 67.5 Å². The summed E-state index contributed by atoms with van der Waals surface area (Å²) in [5.74, 6) is -1.90. The van der Waals surface area contributed by atoms with Gasteiger partial charge in [-0.2, -0.15) is 0 Å². The molecular weight excluding hydrogens is 568 g/mol. The number of nitrogens with zero attached hydrogens (tertiary/aromatic N) is 2. The first-order chi connectivity index (χ1) is 16.4. The Kier molecular flexibility index (Phi) is 7.83. The van der Waals surface area contributed by atoms with E-state index in [2.05, 4.69) is 26.0 Å². The zero-order valence-corrected chi connectivity index (χ0v) is 21.4. The number of esters is 1. The Labute approximate surface area is 212 Å². The highest BCUT2D eigenvalue weighted by molar-refractivity contribution is 9.10. The Morgan fingerprint density at radius 1 is 1.03 bits per heavy atom. The van der Waals surface area contributed by atoms with Gasteiger partial charge in [-0.1, -0.05) is 27.5 Å². The second-order valence-electron chi connectivity index (χ2n) is 7.15. The molecule has 1 amide bonds. The summed E-state index contributed by atoms with van der Waals surface area (Å²) < 4.78 is 35.5. The lowest BCUT2D eigenvalue weighted by Crippen LogP contribution is -2.38. The van der Waals surface area contributed by atoms with Crippen molar-refractivity contribution in [3.05, 3.63) is 84.4 Å². The number of carbonyl (C=O) groups is 2. The fourth-order valence-electron chi connectivity index (χ4n) is 2.81. The number of rotatable bonds is 7. The molecule has 1 aromatic heterocycles. The Hall–Kier alpha value is -3.42. The van der Waals surface area contributed by atoms with Crippen LogP contribution < -0.4 is 21.3 Å². The van der Waals surface area contributed by atoms with Crippen molar-refractivity contribution in [2.24, 2.45) is 14.1 Å². The second kappa shape index (κ2) is 10.5. The molecular formula is C21H18BrClN4O7S. The molecule has 0 unspecified atom stereocenters. The molecule has 0 aliphatic heterocycles. The molecule has 0 aliphatic rings. The molecule has 3 aromatic rings. The Bertz CT molecular complexity index is 1530. The summed E-state index contributed by atoms with van der Waals surface area (Å²) in [5.41, 5.74) is -1.18. The van der Waals surface area contributed by atoms with Crippen LogP contribution in [0.1, 0.15) is 10.4 Å². The third-order valence-electron chi connectivity index (χ3n) is 4.68. The number of nitrogens with one attached hydrogen (secondary N) is 2. The summed E-state index contributed by atoms with van der Waals surface area (Å²) in [5, 5.41) is 2.18. The number of hydrogen-bond donors (Lipinski definition) is 2. The van der Waals surface area contributed by atoms with Crippen molar-refractivity contribution >= 4 is 60.9 Å². The topological polar surface area (TPSA) is 146 Å². The minimum atomic E-state index is -4.15. The Balaban J connectivity index is 1.72. The molecule has 0 spiro atoms. The van der Waals surface area contributed by atoms with Gasteiger partial charge in [0.25, 0.3) is 21.5 Å². The molecule has 0 fully saturated rings. The second-order valence-corrected chi connectivity index (χ2v) is 10.1. The number of benzene rings is 2. The summed E-state index contributed by atoms with van der Waals surface area (Å²) in [4.78, 5) is 47.9. The van der Waals surface area contributed by atoms with Crippen LogP contribution in [-0.2, 0) is 33.7 Å². The van der Waals surface area contributed by atoms with E-state index in [1.807, 2.05) is 0 Å². The highest BCUT2D eigenvalue weighted by atomic mass is 79.9. The number of ether oxygens (including phenoxy) is 1. The maximum atomic E-state index is 12.8. The van der Waals surface area contributed by atoms with Gasteiger partial charge in [-0.05, 0) is 42.5 Å². The van der Waals surface area contributed by atoms with Gasteiger partial charge in [0.05, 0.1) is 10.6 Å². The SMILES string of the molecule is Cn1c(NC(=O)COC(=O)c2ccc(Cl)c(S(=O)(=O)Nc3ccc(Br)cc3)c2)cc(=O)n(C)c1=O. The van der Waals surface area contributed by atoms with E-state index in [-0.39, 0.29) is 27.0 Å². The van der Waals surface area contributed by atoms with Gasteiger partial charge in [0.2, 0.25) is 0 Å². The summed E-state index contributed by atoms with van der Waals surface area (Å²) >= 11 is 9.30. The molecule has 0 atom stereocenters. The van der Waals surface area contributed by atoms with Crippen LogP contribution >= 0.6 is 27.5 Å². The van der Waals surface area contributed by atoms with Crippen LogP contribution in [0.4, 0.5) is 11.5 Å². The smallest absolute Gasteiger partial charge is 0.338 e. The van der Waals surface area contributed by atoms with Crippen LogP contribution in [-0.4, -0.2) is 36.0 Å². The van der Waals surface area contributed by atoms with Crippen molar-refractivity contribution in [3.8, 4) is 0 Å². The van der Waals surface area contributed by atoms with Gasteiger partial charge in [0.1, 0.15) is 10.7 Å². The molecule has 0 saturated heterocycles. The number of hydrogen-bond acceptors (Lipinski definition) is 7. The maximum Gasteiger partial charge on any atom is 0.338 e. The highest BCUT2D eigenvalue weighted by Gasteiger charge is 2.21. The van der Waals surface area contributed by atoms with Gasteiger partial charge in [0.15, 0.2) is 6.61 Å². The third kappa shape index (κ3) is 6.18. The van der Waals surface area contributed by atoms with Crippen molar-refractivity contribution in [3.63, 3.8) is 0 Å². The normalized spacial score (nSPS) is 11.1. The first kappa shape index (κ1) is 26.2. The van der Waals surface area contributed by atoms with Crippen LogP contribution in [0.25, 0.3) is 0 Å². The van der Waals surface area contributed by atoms with Crippen LogP contribution in [0.3, 0.4) is 0 Å². The number of sulfonamides is 1. The van der Waals surface area contributed by atoms with Crippen LogP contribution in [0.2, 0.25) is 5.02 Å². The van der Waals surface area contributed by atoms with Gasteiger partial charge in [-0.25, -0.2) is 18.0 Å². The number of halogens is 2. The molecule has 0 bridgehead atoms. The van der Waals surface area contributed by atoms with E-state index in [9.17, 15) is 27.6 Å². The van der Waals surface area contributed by atoms with Crippen molar-refractivity contribution in [2.75, 3.05) is 16.6 Å². The maximum absolute atomic E-state index is 12.8. The summed E-state index contributed by atoms with van der Waals surface area (Å²) in [6.45, 7) is -0.760. The van der Waals surface area contributed by atoms with E-state index in [1.54, 1.807) is 12.1 Å². The predicted octanol–water partition coefficient (Wildman–Crippen LogP) is 2.10. The summed E-state index contributed by atoms with van der Waals surface area (Å²) in [6.07, 6.45) is 0. The first-order valence-electron chi connectivity index (χ1n) is 9.71. The lowest BCUT2D eigenvalue weighted by molar-refractivity contribution is -0.119. The van der Waals surface area contributed by atoms with Gasteiger partial charge in [-0.15, -0.1) is 0 Å². The number of anilines is 2. The third-order valence-corrected chi connectivity index (χ3v) is 7.07. The van der Waals surface area contributed by atoms with Crippen LogP contribution in [0, 0.1) is 0 Å². The van der Waals surface area contributed by atoms with E-state index in [1.165, 1.54) is 38.4 Å². The van der Waals surface area contributed by atoms with Crippen molar-refractivity contribution in [2.45, 2.75) is 4.90 Å². The monoisotopic (exact) mass is 584 g/mol. The minimum Gasteiger partial charge on any atom is -0.452 e. The predicted molar refractivity (Wildman–Crippen MR) is 132 cm³/mol. The molecule has 35 heavy (non-hydrogen) atoms. The lowest BCUT2D eigenvalue weighted by Gasteiger charge is -2.12. The molecule has 0 saturated carbocycles. The van der Waals surface area contributed by atoms with Gasteiger partial charge < -0.3 is 10.1 Å². The molecule has 184 valence electrons. The summed E-state index contributed by atoms with van der Waals surface area (Å²) in [6, 6.07) is 10.9. The standard InChI is InChI=1S/C21H18BrClN4O7S/c1-26-17(10-19(29)27(2)21(26)31)24-18(28)11-34-20(30)12-3-8-15(23)16(9-12)35(32,33)25-14-6-4-13(22)5-7-14/h3-10,25H,11H2,1-2H3,(H,24,28). The zero-order chi connectivity index (χ0) is 25.9. The molecule has 3 rings (SSSR count). The van der Waals surface area contributed by atoms with Crippen molar-refractivity contribution in [1.82, 2.24) is 9.13 Å². The zero-order valence-electron chi connectivity index (χ0n) is 18.2. The molecule has 14 heteroatoms. The first-order valence-corrected chi connectivity index (χ1v) is 12.4. The van der Waals surface area contributed by atoms with Crippen molar-refractivity contribution < 1.29 is 22.7 Å². The van der Waals surface area contributed by atoms with E-state index < -0.39 is 39.8 Å². The van der Waals surface area contributed by atoms with Gasteiger partial charge in [-0.3, -0.25) is 23.4 Å². The van der Waals surface area contributed by atoms with E-state index >= 15 is 0 Å². The summed E-state index contributed by atoms with van der Waals surface area (Å²) in [7, 11) is -1.52. The molecule has 1 heterocycles. The number of amides is 1. The molecule has 2 N–H and O–H groups in total. The average Bonchev–Trinajstić information content (AvgIpc) is 2.81. The Morgan fingerprint density at radius 2 is 1.69 bits per heavy atom. The van der Waals surface area contributed by atoms with Gasteiger partial charge in [0, 0.05) is 30.3 Å². The Morgan fingerprint density at radius 3 is 2.34 bits per heavy atom. The van der Waals surface area contributed by atoms with E-state index in [0.717, 1.165) is 25.7 Å². The minimum absolute atomic E-state index is 0.0852. The van der Waals surface area contributed by atoms with Crippen molar-refractivity contribution in [1.29, 1.82) is 0 Å². The fourth-order valence-corrected chi connectivity index (χ4v) is 4.66. The molecule has 0 aliphatic carbocycles. The quantitative estimate of drug-likeness (QED) is 0.404. The molecule has 11 nitrogen and oxygen atoms in total. The van der Waals surface area contributed by atoms with Crippen LogP contribution in [0.5, 0.6) is 0 Å². The largest absolute Gasteiger partial charge is 0.452 e. The van der Waals surface area contributed by atoms with E-state index in [4.69, 9.17) is 16.3 Å². The van der Waals surface area contributed by atoms with E-state index in [0.29, 0.717) is 0 Å². The molecule has 2 aromatic carbocycles. The lowest BCUT2D eigenvalue weighted by atomic mass is 10.2. The number of carbonyl (C=O) groups excluding carboxylic acids is 2. The highest BCUT2D eigenvalue weighted by Crippen LogP contribution is 2.26. The van der Waals surface area contributed by atoms with Gasteiger partial charge >= 0.3 is 11.7 Å². The molecule has 0 radical (unpaired) electrons.